The second-order valence-corrected chi connectivity index (χ2v) is 8.01. The molecular weight excluding hydrogens is 384 g/mol. The van der Waals surface area contributed by atoms with Gasteiger partial charge in [0.25, 0.3) is 0 Å². The van der Waals surface area contributed by atoms with E-state index in [1.54, 1.807) is 16.7 Å². The van der Waals surface area contributed by atoms with Crippen molar-refractivity contribution >= 4 is 18.0 Å². The molecule has 0 spiro atoms. The standard InChI is InChI=1S/C22H34N4O4/c1-5-30-22(29)26-12-10-25(11-13-26)20(27)19(14-16(2)3)24-21(28)23-15-18-8-6-17(4)7-9-18/h6-9,16,19H,5,10-15H2,1-4H3,(H2,23,24,28)/t19-/m0/s1. The van der Waals surface area contributed by atoms with Crippen molar-refractivity contribution in [1.29, 1.82) is 0 Å². The van der Waals surface area contributed by atoms with Crippen molar-refractivity contribution in [3.8, 4) is 0 Å². The van der Waals surface area contributed by atoms with E-state index in [2.05, 4.69) is 10.6 Å². The van der Waals surface area contributed by atoms with Crippen LogP contribution in [0.2, 0.25) is 0 Å². The maximum absolute atomic E-state index is 13.0. The summed E-state index contributed by atoms with van der Waals surface area (Å²) in [5.41, 5.74) is 2.16. The molecular formula is C22H34N4O4. The predicted molar refractivity (Wildman–Crippen MR) is 115 cm³/mol. The van der Waals surface area contributed by atoms with Crippen LogP contribution >= 0.6 is 0 Å². The molecule has 1 aromatic rings. The highest BCUT2D eigenvalue weighted by Gasteiger charge is 2.30. The summed E-state index contributed by atoms with van der Waals surface area (Å²) in [7, 11) is 0. The Balaban J connectivity index is 1.89. The van der Waals surface area contributed by atoms with Crippen molar-refractivity contribution in [2.75, 3.05) is 32.8 Å². The van der Waals surface area contributed by atoms with Crippen LogP contribution in [0.4, 0.5) is 9.59 Å². The molecule has 30 heavy (non-hydrogen) atoms. The smallest absolute Gasteiger partial charge is 0.409 e. The Hall–Kier alpha value is -2.77. The lowest BCUT2D eigenvalue weighted by atomic mass is 10.0. The average molecular weight is 419 g/mol. The van der Waals surface area contributed by atoms with Crippen LogP contribution in [0.1, 0.15) is 38.3 Å². The van der Waals surface area contributed by atoms with Crippen LogP contribution in [0.3, 0.4) is 0 Å². The first-order valence-corrected chi connectivity index (χ1v) is 10.6. The Bertz CT molecular complexity index is 712. The van der Waals surface area contributed by atoms with E-state index in [1.807, 2.05) is 45.0 Å². The van der Waals surface area contributed by atoms with Gasteiger partial charge in [0.05, 0.1) is 6.61 Å². The molecule has 166 valence electrons. The van der Waals surface area contributed by atoms with Gasteiger partial charge in [-0.25, -0.2) is 9.59 Å². The number of carbonyl (C=O) groups excluding carboxylic acids is 3. The van der Waals surface area contributed by atoms with Crippen molar-refractivity contribution in [3.63, 3.8) is 0 Å². The van der Waals surface area contributed by atoms with Gasteiger partial charge in [0, 0.05) is 32.7 Å². The van der Waals surface area contributed by atoms with Crippen LogP contribution < -0.4 is 10.6 Å². The fourth-order valence-corrected chi connectivity index (χ4v) is 3.33. The van der Waals surface area contributed by atoms with Crippen molar-refractivity contribution < 1.29 is 19.1 Å². The zero-order valence-corrected chi connectivity index (χ0v) is 18.4. The normalized spacial score (nSPS) is 15.0. The van der Waals surface area contributed by atoms with E-state index in [0.717, 1.165) is 11.1 Å². The molecule has 0 saturated carbocycles. The number of piperazine rings is 1. The minimum absolute atomic E-state index is 0.113. The Morgan fingerprint density at radius 1 is 1.03 bits per heavy atom. The number of carbonyl (C=O) groups is 3. The van der Waals surface area contributed by atoms with E-state index in [9.17, 15) is 14.4 Å². The zero-order valence-electron chi connectivity index (χ0n) is 18.4. The molecule has 8 heteroatoms. The maximum atomic E-state index is 13.0. The lowest BCUT2D eigenvalue weighted by molar-refractivity contribution is -0.135. The average Bonchev–Trinajstić information content (AvgIpc) is 2.72. The van der Waals surface area contributed by atoms with E-state index >= 15 is 0 Å². The SMILES string of the molecule is CCOC(=O)N1CCN(C(=O)[C@H](CC(C)C)NC(=O)NCc2ccc(C)cc2)CC1. The van der Waals surface area contributed by atoms with Gasteiger partial charge in [0.2, 0.25) is 5.91 Å². The molecule has 1 heterocycles. The molecule has 1 atom stereocenters. The second-order valence-electron chi connectivity index (χ2n) is 8.01. The van der Waals surface area contributed by atoms with E-state index in [0.29, 0.717) is 45.8 Å². The number of benzene rings is 1. The minimum Gasteiger partial charge on any atom is -0.450 e. The van der Waals surface area contributed by atoms with Crippen molar-refractivity contribution in [1.82, 2.24) is 20.4 Å². The van der Waals surface area contributed by atoms with Gasteiger partial charge >= 0.3 is 12.1 Å². The first kappa shape index (κ1) is 23.5. The first-order valence-electron chi connectivity index (χ1n) is 10.6. The highest BCUT2D eigenvalue weighted by Crippen LogP contribution is 2.11. The van der Waals surface area contributed by atoms with Crippen molar-refractivity contribution in [2.45, 2.75) is 46.7 Å². The number of amides is 4. The van der Waals surface area contributed by atoms with E-state index in [1.165, 1.54) is 0 Å². The number of hydrogen-bond donors (Lipinski definition) is 2. The van der Waals surface area contributed by atoms with Gasteiger partial charge in [-0.3, -0.25) is 4.79 Å². The van der Waals surface area contributed by atoms with Gasteiger partial charge in [-0.1, -0.05) is 43.7 Å². The number of rotatable bonds is 7. The monoisotopic (exact) mass is 418 g/mol. The lowest BCUT2D eigenvalue weighted by Gasteiger charge is -2.36. The topological polar surface area (TPSA) is 91.0 Å². The molecule has 2 N–H and O–H groups in total. The van der Waals surface area contributed by atoms with Gasteiger partial charge < -0.3 is 25.2 Å². The number of ether oxygens (including phenoxy) is 1. The zero-order chi connectivity index (χ0) is 22.1. The van der Waals surface area contributed by atoms with Gasteiger partial charge in [0.15, 0.2) is 0 Å². The Morgan fingerprint density at radius 3 is 2.20 bits per heavy atom. The lowest BCUT2D eigenvalue weighted by Crippen LogP contribution is -2.57. The first-order chi connectivity index (χ1) is 14.3. The summed E-state index contributed by atoms with van der Waals surface area (Å²) in [6, 6.07) is 6.97. The summed E-state index contributed by atoms with van der Waals surface area (Å²) in [6.07, 6.45) is 0.200. The molecule has 1 fully saturated rings. The highest BCUT2D eigenvalue weighted by atomic mass is 16.6. The highest BCUT2D eigenvalue weighted by molar-refractivity contribution is 5.87. The quantitative estimate of drug-likeness (QED) is 0.712. The third-order valence-electron chi connectivity index (χ3n) is 5.00. The molecule has 1 saturated heterocycles. The van der Waals surface area contributed by atoms with E-state index < -0.39 is 6.04 Å². The molecule has 8 nitrogen and oxygen atoms in total. The number of nitrogens with zero attached hydrogens (tertiary/aromatic N) is 2. The van der Waals surface area contributed by atoms with Gasteiger partial charge in [-0.15, -0.1) is 0 Å². The Morgan fingerprint density at radius 2 is 1.63 bits per heavy atom. The second kappa shape index (κ2) is 11.4. The number of urea groups is 1. The molecule has 0 unspecified atom stereocenters. The third kappa shape index (κ3) is 7.24. The predicted octanol–water partition coefficient (Wildman–Crippen LogP) is 2.51. The number of hydrogen-bond acceptors (Lipinski definition) is 4. The number of aryl methyl sites for hydroxylation is 1. The van der Waals surface area contributed by atoms with Crippen LogP contribution in [0.25, 0.3) is 0 Å². The van der Waals surface area contributed by atoms with Crippen LogP contribution in [0.5, 0.6) is 0 Å². The Labute approximate surface area is 178 Å². The molecule has 2 rings (SSSR count). The summed E-state index contributed by atoms with van der Waals surface area (Å²) in [6.45, 7) is 10.3. The van der Waals surface area contributed by atoms with Crippen LogP contribution in [0, 0.1) is 12.8 Å². The van der Waals surface area contributed by atoms with E-state index in [4.69, 9.17) is 4.74 Å². The maximum Gasteiger partial charge on any atom is 0.409 e. The largest absolute Gasteiger partial charge is 0.450 e. The molecule has 1 aliphatic rings. The van der Waals surface area contributed by atoms with Gasteiger partial charge in [0.1, 0.15) is 6.04 Å². The fourth-order valence-electron chi connectivity index (χ4n) is 3.33. The van der Waals surface area contributed by atoms with E-state index in [-0.39, 0.29) is 23.9 Å². The number of nitrogens with one attached hydrogen (secondary N) is 2. The molecule has 0 radical (unpaired) electrons. The van der Waals surface area contributed by atoms with Crippen molar-refractivity contribution in [3.05, 3.63) is 35.4 Å². The van der Waals surface area contributed by atoms with Crippen molar-refractivity contribution in [2.24, 2.45) is 5.92 Å². The summed E-state index contributed by atoms with van der Waals surface area (Å²) < 4.78 is 5.02. The summed E-state index contributed by atoms with van der Waals surface area (Å²) >= 11 is 0. The molecule has 1 aliphatic heterocycles. The Kier molecular flexibility index (Phi) is 8.95. The molecule has 0 bridgehead atoms. The summed E-state index contributed by atoms with van der Waals surface area (Å²) in [4.78, 5) is 40.6. The van der Waals surface area contributed by atoms with Crippen LogP contribution in [-0.2, 0) is 16.1 Å². The summed E-state index contributed by atoms with van der Waals surface area (Å²) in [5.74, 6) is 0.134. The molecule has 1 aromatic carbocycles. The van der Waals surface area contributed by atoms with Gasteiger partial charge in [-0.05, 0) is 31.7 Å². The van der Waals surface area contributed by atoms with Crippen LogP contribution in [-0.4, -0.2) is 66.7 Å². The third-order valence-corrected chi connectivity index (χ3v) is 5.00. The fraction of sp³-hybridized carbons (Fsp3) is 0.591. The molecule has 0 aromatic heterocycles. The summed E-state index contributed by atoms with van der Waals surface area (Å²) in [5, 5.41) is 5.66. The van der Waals surface area contributed by atoms with Gasteiger partial charge in [-0.2, -0.15) is 0 Å². The molecule has 4 amide bonds. The van der Waals surface area contributed by atoms with Crippen LogP contribution in [0.15, 0.2) is 24.3 Å². The molecule has 0 aliphatic carbocycles. The minimum atomic E-state index is -0.600.